The number of piperidine rings is 1. The Balaban J connectivity index is 1.57. The zero-order chi connectivity index (χ0) is 13.8. The van der Waals surface area contributed by atoms with Gasteiger partial charge in [0.15, 0.2) is 0 Å². The molecule has 1 aromatic heterocycles. The maximum absolute atomic E-state index is 9.56. The SMILES string of the molecule is OC1CCN(c2cncc(CC[C@H]3CCCN3)n2)CC1. The van der Waals surface area contributed by atoms with Crippen molar-refractivity contribution in [3.05, 3.63) is 18.1 Å². The third-order valence-electron chi connectivity index (χ3n) is 4.37. The molecule has 20 heavy (non-hydrogen) atoms. The van der Waals surface area contributed by atoms with Gasteiger partial charge in [0.05, 0.1) is 18.0 Å². The fourth-order valence-electron chi connectivity index (χ4n) is 3.09. The second kappa shape index (κ2) is 6.50. The maximum Gasteiger partial charge on any atom is 0.147 e. The van der Waals surface area contributed by atoms with Crippen LogP contribution in [0.15, 0.2) is 12.4 Å². The molecule has 0 aliphatic carbocycles. The predicted molar refractivity (Wildman–Crippen MR) is 78.8 cm³/mol. The Hall–Kier alpha value is -1.20. The molecule has 2 saturated heterocycles. The molecule has 1 atom stereocenters. The van der Waals surface area contributed by atoms with Crippen molar-refractivity contribution in [3.63, 3.8) is 0 Å². The summed E-state index contributed by atoms with van der Waals surface area (Å²) in [7, 11) is 0. The van der Waals surface area contributed by atoms with Crippen molar-refractivity contribution in [2.75, 3.05) is 24.5 Å². The van der Waals surface area contributed by atoms with Crippen LogP contribution in [-0.2, 0) is 6.42 Å². The Bertz CT molecular complexity index is 426. The van der Waals surface area contributed by atoms with Crippen molar-refractivity contribution < 1.29 is 5.11 Å². The Kier molecular flexibility index (Phi) is 4.47. The van der Waals surface area contributed by atoms with E-state index in [4.69, 9.17) is 4.98 Å². The summed E-state index contributed by atoms with van der Waals surface area (Å²) < 4.78 is 0. The smallest absolute Gasteiger partial charge is 0.147 e. The molecule has 0 spiro atoms. The molecule has 2 aliphatic heterocycles. The fraction of sp³-hybridized carbons (Fsp3) is 0.733. The van der Waals surface area contributed by atoms with E-state index >= 15 is 0 Å². The molecule has 5 heteroatoms. The summed E-state index contributed by atoms with van der Waals surface area (Å²) in [6, 6.07) is 0.658. The van der Waals surface area contributed by atoms with Gasteiger partial charge in [0.2, 0.25) is 0 Å². The molecule has 3 heterocycles. The van der Waals surface area contributed by atoms with E-state index in [1.807, 2.05) is 12.4 Å². The van der Waals surface area contributed by atoms with Crippen LogP contribution in [0.3, 0.4) is 0 Å². The van der Waals surface area contributed by atoms with E-state index in [1.54, 1.807) is 0 Å². The van der Waals surface area contributed by atoms with Gasteiger partial charge in [-0.15, -0.1) is 0 Å². The molecular formula is C15H24N4O. The molecular weight excluding hydrogens is 252 g/mol. The van der Waals surface area contributed by atoms with Crippen molar-refractivity contribution in [1.82, 2.24) is 15.3 Å². The van der Waals surface area contributed by atoms with Crippen molar-refractivity contribution >= 4 is 5.82 Å². The number of anilines is 1. The predicted octanol–water partition coefficient (Wildman–Crippen LogP) is 1.12. The molecule has 0 aromatic carbocycles. The summed E-state index contributed by atoms with van der Waals surface area (Å²) in [5.41, 5.74) is 1.09. The van der Waals surface area contributed by atoms with Crippen molar-refractivity contribution in [1.29, 1.82) is 0 Å². The zero-order valence-electron chi connectivity index (χ0n) is 12.0. The topological polar surface area (TPSA) is 61.3 Å². The molecule has 0 unspecified atom stereocenters. The van der Waals surface area contributed by atoms with Gasteiger partial charge in [-0.3, -0.25) is 4.98 Å². The van der Waals surface area contributed by atoms with Crippen molar-refractivity contribution in [2.24, 2.45) is 0 Å². The average molecular weight is 276 g/mol. The van der Waals surface area contributed by atoms with Crippen molar-refractivity contribution in [3.8, 4) is 0 Å². The molecule has 3 rings (SSSR count). The molecule has 5 nitrogen and oxygen atoms in total. The summed E-state index contributed by atoms with van der Waals surface area (Å²) in [6.07, 6.45) is 9.98. The summed E-state index contributed by atoms with van der Waals surface area (Å²) in [6.45, 7) is 2.92. The molecule has 0 bridgehead atoms. The summed E-state index contributed by atoms with van der Waals surface area (Å²) in [4.78, 5) is 11.3. The quantitative estimate of drug-likeness (QED) is 0.863. The van der Waals surface area contributed by atoms with Crippen LogP contribution in [-0.4, -0.2) is 46.9 Å². The number of aliphatic hydroxyl groups is 1. The Morgan fingerprint density at radius 3 is 2.85 bits per heavy atom. The van der Waals surface area contributed by atoms with Gasteiger partial charge in [-0.2, -0.15) is 0 Å². The highest BCUT2D eigenvalue weighted by Crippen LogP contribution is 2.18. The lowest BCUT2D eigenvalue weighted by Gasteiger charge is -2.30. The Morgan fingerprint density at radius 1 is 1.25 bits per heavy atom. The highest BCUT2D eigenvalue weighted by atomic mass is 16.3. The van der Waals surface area contributed by atoms with Crippen molar-refractivity contribution in [2.45, 2.75) is 50.7 Å². The van der Waals surface area contributed by atoms with Crippen LogP contribution < -0.4 is 10.2 Å². The monoisotopic (exact) mass is 276 g/mol. The molecule has 110 valence electrons. The number of aromatic nitrogens is 2. The number of hydrogen-bond donors (Lipinski definition) is 2. The number of rotatable bonds is 4. The minimum absolute atomic E-state index is 0.143. The molecule has 2 aliphatic rings. The van der Waals surface area contributed by atoms with Crippen LogP contribution in [0.4, 0.5) is 5.82 Å². The first-order valence-electron chi connectivity index (χ1n) is 7.78. The largest absolute Gasteiger partial charge is 0.393 e. The van der Waals surface area contributed by atoms with Gasteiger partial charge >= 0.3 is 0 Å². The first-order chi connectivity index (χ1) is 9.81. The highest BCUT2D eigenvalue weighted by molar-refractivity contribution is 5.36. The lowest BCUT2D eigenvalue weighted by atomic mass is 10.1. The van der Waals surface area contributed by atoms with Crippen LogP contribution in [0, 0.1) is 0 Å². The van der Waals surface area contributed by atoms with Gasteiger partial charge in [0.1, 0.15) is 5.82 Å². The third kappa shape index (κ3) is 3.46. The number of nitrogens with zero attached hydrogens (tertiary/aromatic N) is 3. The zero-order valence-corrected chi connectivity index (χ0v) is 12.0. The average Bonchev–Trinajstić information content (AvgIpc) is 3.00. The molecule has 2 N–H and O–H groups in total. The third-order valence-corrected chi connectivity index (χ3v) is 4.37. The normalized spacial score (nSPS) is 24.2. The molecule has 2 fully saturated rings. The summed E-state index contributed by atoms with van der Waals surface area (Å²) >= 11 is 0. The number of aliphatic hydroxyl groups excluding tert-OH is 1. The van der Waals surface area contributed by atoms with E-state index in [-0.39, 0.29) is 6.10 Å². The summed E-state index contributed by atoms with van der Waals surface area (Å²) in [5.74, 6) is 0.966. The minimum atomic E-state index is -0.143. The van der Waals surface area contributed by atoms with Crippen LogP contribution in [0.5, 0.6) is 0 Å². The van der Waals surface area contributed by atoms with E-state index in [2.05, 4.69) is 15.2 Å². The number of nitrogens with one attached hydrogen (secondary N) is 1. The van der Waals surface area contributed by atoms with Crippen LogP contribution in [0.1, 0.15) is 37.8 Å². The Labute approximate surface area is 120 Å². The molecule has 1 aromatic rings. The van der Waals surface area contributed by atoms with Gasteiger partial charge in [-0.25, -0.2) is 4.98 Å². The molecule has 0 radical (unpaired) electrons. The standard InChI is InChI=1S/C15H24N4O/c20-14-5-8-19(9-6-14)15-11-16-10-13(18-15)4-3-12-2-1-7-17-12/h10-12,14,17,20H,1-9H2/t12-/m1/s1. The van der Waals surface area contributed by atoms with E-state index < -0.39 is 0 Å². The Morgan fingerprint density at radius 2 is 2.10 bits per heavy atom. The van der Waals surface area contributed by atoms with Gasteiger partial charge in [-0.05, 0) is 45.1 Å². The fourth-order valence-corrected chi connectivity index (χ4v) is 3.09. The van der Waals surface area contributed by atoms with E-state index in [9.17, 15) is 5.11 Å². The lowest BCUT2D eigenvalue weighted by molar-refractivity contribution is 0.145. The number of hydrogen-bond acceptors (Lipinski definition) is 5. The van der Waals surface area contributed by atoms with Crippen LogP contribution >= 0.6 is 0 Å². The van der Waals surface area contributed by atoms with Crippen LogP contribution in [0.25, 0.3) is 0 Å². The molecule has 0 saturated carbocycles. The van der Waals surface area contributed by atoms with Gasteiger partial charge in [0.25, 0.3) is 0 Å². The minimum Gasteiger partial charge on any atom is -0.393 e. The highest BCUT2D eigenvalue weighted by Gasteiger charge is 2.19. The van der Waals surface area contributed by atoms with Crippen LogP contribution in [0.2, 0.25) is 0 Å². The lowest BCUT2D eigenvalue weighted by Crippen LogP contribution is -2.36. The van der Waals surface area contributed by atoms with Gasteiger partial charge in [0, 0.05) is 25.3 Å². The van der Waals surface area contributed by atoms with E-state index in [0.717, 1.165) is 56.8 Å². The summed E-state index contributed by atoms with van der Waals surface area (Å²) in [5, 5.41) is 13.1. The van der Waals surface area contributed by atoms with Gasteiger partial charge < -0.3 is 15.3 Å². The van der Waals surface area contributed by atoms with E-state index in [0.29, 0.717) is 6.04 Å². The maximum atomic E-state index is 9.56. The molecule has 0 amide bonds. The number of aryl methyl sites for hydroxylation is 1. The second-order valence-corrected chi connectivity index (χ2v) is 5.92. The van der Waals surface area contributed by atoms with Gasteiger partial charge in [-0.1, -0.05) is 0 Å². The van der Waals surface area contributed by atoms with E-state index in [1.165, 1.54) is 12.8 Å². The first kappa shape index (κ1) is 13.8. The first-order valence-corrected chi connectivity index (χ1v) is 7.78. The second-order valence-electron chi connectivity index (χ2n) is 5.92.